The Morgan fingerprint density at radius 2 is 2.19 bits per heavy atom. The SMILES string of the molecule is [C-]#[N+]C1(c2ccc(N3C[C@H](CNC(=O)C4(C#N)CC4)OC3=O)cc2F)CC1. The number of hydrogen-bond acceptors (Lipinski definition) is 4. The third-order valence-electron chi connectivity index (χ3n) is 5.47. The van der Waals surface area contributed by atoms with E-state index in [-0.39, 0.29) is 19.0 Å². The molecule has 1 aromatic carbocycles. The van der Waals surface area contributed by atoms with E-state index in [0.29, 0.717) is 36.9 Å². The van der Waals surface area contributed by atoms with Crippen LogP contribution in [0.3, 0.4) is 0 Å². The number of anilines is 1. The molecule has 4 rings (SSSR count). The van der Waals surface area contributed by atoms with Gasteiger partial charge in [0.25, 0.3) is 5.54 Å². The van der Waals surface area contributed by atoms with Gasteiger partial charge in [-0.3, -0.25) is 9.69 Å². The molecule has 1 aromatic rings. The average molecular weight is 368 g/mol. The molecule has 1 N–H and O–H groups in total. The Balaban J connectivity index is 1.41. The van der Waals surface area contributed by atoms with Gasteiger partial charge < -0.3 is 14.9 Å². The van der Waals surface area contributed by atoms with Gasteiger partial charge in [0.05, 0.1) is 30.4 Å². The summed E-state index contributed by atoms with van der Waals surface area (Å²) >= 11 is 0. The van der Waals surface area contributed by atoms with E-state index in [1.165, 1.54) is 11.0 Å². The van der Waals surface area contributed by atoms with E-state index in [4.69, 9.17) is 16.6 Å². The van der Waals surface area contributed by atoms with Gasteiger partial charge in [-0.2, -0.15) is 5.26 Å². The van der Waals surface area contributed by atoms with Crippen LogP contribution in [0.15, 0.2) is 18.2 Å². The van der Waals surface area contributed by atoms with Crippen LogP contribution >= 0.6 is 0 Å². The molecule has 3 aliphatic rings. The highest BCUT2D eigenvalue weighted by atomic mass is 19.1. The summed E-state index contributed by atoms with van der Waals surface area (Å²) in [6, 6.07) is 6.43. The zero-order valence-electron chi connectivity index (χ0n) is 14.5. The standard InChI is InChI=1S/C19H17FN4O3/c1-22-19(6-7-19)14-3-2-12(8-15(14)20)24-10-13(27-17(24)26)9-23-16(25)18(11-21)4-5-18/h2-3,8,13H,4-7,9-10H2,(H,23,25)/t13-/m0/s1. The predicted octanol–water partition coefficient (Wildman–Crippen LogP) is 2.48. The molecule has 2 saturated carbocycles. The van der Waals surface area contributed by atoms with Crippen LogP contribution in [0.1, 0.15) is 31.2 Å². The molecule has 3 fully saturated rings. The maximum absolute atomic E-state index is 14.5. The number of cyclic esters (lactones) is 1. The third-order valence-corrected chi connectivity index (χ3v) is 5.47. The quantitative estimate of drug-likeness (QED) is 0.809. The van der Waals surface area contributed by atoms with Crippen molar-refractivity contribution in [1.29, 1.82) is 5.26 Å². The highest BCUT2D eigenvalue weighted by Gasteiger charge is 2.54. The molecule has 27 heavy (non-hydrogen) atoms. The van der Waals surface area contributed by atoms with Crippen molar-refractivity contribution in [1.82, 2.24) is 5.32 Å². The molecule has 1 aliphatic heterocycles. The highest BCUT2D eigenvalue weighted by Crippen LogP contribution is 2.50. The largest absolute Gasteiger partial charge is 0.442 e. The van der Waals surface area contributed by atoms with E-state index in [1.54, 1.807) is 12.1 Å². The average Bonchev–Trinajstić information content (AvgIpc) is 3.58. The lowest BCUT2D eigenvalue weighted by Gasteiger charge is -2.15. The number of nitrogens with one attached hydrogen (secondary N) is 1. The first-order valence-corrected chi connectivity index (χ1v) is 8.79. The summed E-state index contributed by atoms with van der Waals surface area (Å²) in [6.45, 7) is 7.52. The van der Waals surface area contributed by atoms with E-state index < -0.39 is 29.0 Å². The van der Waals surface area contributed by atoms with Crippen LogP contribution in [0.2, 0.25) is 0 Å². The molecule has 2 amide bonds. The summed E-state index contributed by atoms with van der Waals surface area (Å²) in [7, 11) is 0. The molecule has 2 aliphatic carbocycles. The van der Waals surface area contributed by atoms with Crippen molar-refractivity contribution in [3.8, 4) is 6.07 Å². The fraction of sp³-hybridized carbons (Fsp3) is 0.474. The van der Waals surface area contributed by atoms with E-state index >= 15 is 0 Å². The fourth-order valence-corrected chi connectivity index (χ4v) is 3.34. The van der Waals surface area contributed by atoms with E-state index in [9.17, 15) is 14.0 Å². The van der Waals surface area contributed by atoms with Crippen molar-refractivity contribution in [2.24, 2.45) is 5.41 Å². The molecular weight excluding hydrogens is 351 g/mol. The molecule has 8 heteroatoms. The minimum atomic E-state index is -0.928. The first-order chi connectivity index (χ1) is 12.9. The van der Waals surface area contributed by atoms with Crippen molar-refractivity contribution >= 4 is 17.7 Å². The van der Waals surface area contributed by atoms with Crippen molar-refractivity contribution in [3.05, 3.63) is 41.0 Å². The first kappa shape index (κ1) is 17.3. The Morgan fingerprint density at radius 1 is 1.44 bits per heavy atom. The third kappa shape index (κ3) is 2.87. The maximum atomic E-state index is 14.5. The molecule has 0 unspecified atom stereocenters. The zero-order chi connectivity index (χ0) is 19.2. The Morgan fingerprint density at radius 3 is 2.74 bits per heavy atom. The topological polar surface area (TPSA) is 86.8 Å². The van der Waals surface area contributed by atoms with Crippen LogP contribution in [0, 0.1) is 29.1 Å². The molecule has 0 spiro atoms. The molecule has 1 heterocycles. The molecule has 1 saturated heterocycles. The Kier molecular flexibility index (Phi) is 3.81. The van der Waals surface area contributed by atoms with Crippen molar-refractivity contribution in [2.75, 3.05) is 18.0 Å². The Bertz CT molecular complexity index is 909. The summed E-state index contributed by atoms with van der Waals surface area (Å²) in [5.41, 5.74) is -0.959. The molecular formula is C19H17FN4O3. The van der Waals surface area contributed by atoms with Gasteiger partial charge in [-0.05, 0) is 31.0 Å². The van der Waals surface area contributed by atoms with Crippen LogP contribution in [0.5, 0.6) is 0 Å². The molecule has 7 nitrogen and oxygen atoms in total. The van der Waals surface area contributed by atoms with Gasteiger partial charge in [0, 0.05) is 12.8 Å². The minimum absolute atomic E-state index is 0.103. The van der Waals surface area contributed by atoms with Crippen molar-refractivity contribution in [3.63, 3.8) is 0 Å². The monoisotopic (exact) mass is 368 g/mol. The number of hydrogen-bond donors (Lipinski definition) is 1. The van der Waals surface area contributed by atoms with E-state index in [1.807, 2.05) is 6.07 Å². The smallest absolute Gasteiger partial charge is 0.414 e. The number of ether oxygens (including phenoxy) is 1. The molecule has 1 atom stereocenters. The van der Waals surface area contributed by atoms with E-state index in [0.717, 1.165) is 0 Å². The summed E-state index contributed by atoms with van der Waals surface area (Å²) in [5.74, 6) is -0.848. The maximum Gasteiger partial charge on any atom is 0.414 e. The number of nitriles is 1. The van der Waals surface area contributed by atoms with Crippen molar-refractivity contribution < 1.29 is 18.7 Å². The number of halogens is 1. The zero-order valence-corrected chi connectivity index (χ0v) is 14.5. The number of amides is 2. The highest BCUT2D eigenvalue weighted by molar-refractivity contribution is 5.90. The second-order valence-corrected chi connectivity index (χ2v) is 7.33. The Hall–Kier alpha value is -3.13. The minimum Gasteiger partial charge on any atom is -0.442 e. The number of carbonyl (C=O) groups excluding carboxylic acids is 2. The lowest BCUT2D eigenvalue weighted by atomic mass is 10.0. The van der Waals surface area contributed by atoms with Crippen LogP contribution in [0.4, 0.5) is 14.9 Å². The molecule has 0 aromatic heterocycles. The summed E-state index contributed by atoms with van der Waals surface area (Å²) in [5, 5.41) is 11.7. The fourth-order valence-electron chi connectivity index (χ4n) is 3.34. The van der Waals surface area contributed by atoms with E-state index in [2.05, 4.69) is 10.2 Å². The number of benzene rings is 1. The predicted molar refractivity (Wildman–Crippen MR) is 91.8 cm³/mol. The number of carbonyl (C=O) groups is 2. The molecule has 0 radical (unpaired) electrons. The lowest BCUT2D eigenvalue weighted by Crippen LogP contribution is -2.38. The molecule has 0 bridgehead atoms. The van der Waals surface area contributed by atoms with Gasteiger partial charge >= 0.3 is 6.09 Å². The molecule has 138 valence electrons. The normalized spacial score (nSPS) is 23.7. The van der Waals surface area contributed by atoms with Gasteiger partial charge in [-0.15, -0.1) is 0 Å². The van der Waals surface area contributed by atoms with Crippen LogP contribution in [-0.4, -0.2) is 31.2 Å². The second-order valence-electron chi connectivity index (χ2n) is 7.33. The summed E-state index contributed by atoms with van der Waals surface area (Å²) < 4.78 is 19.7. The van der Waals surface area contributed by atoms with Crippen LogP contribution in [-0.2, 0) is 15.1 Å². The number of nitrogens with zero attached hydrogens (tertiary/aromatic N) is 3. The van der Waals surface area contributed by atoms with Crippen molar-refractivity contribution in [2.45, 2.75) is 37.3 Å². The Labute approximate surface area is 155 Å². The van der Waals surface area contributed by atoms with Gasteiger partial charge in [0.1, 0.15) is 17.3 Å². The van der Waals surface area contributed by atoms with Crippen LogP contribution < -0.4 is 10.2 Å². The van der Waals surface area contributed by atoms with Gasteiger partial charge in [0.2, 0.25) is 5.91 Å². The van der Waals surface area contributed by atoms with Gasteiger partial charge in [-0.25, -0.2) is 15.8 Å². The van der Waals surface area contributed by atoms with Crippen LogP contribution in [0.25, 0.3) is 4.85 Å². The van der Waals surface area contributed by atoms with Gasteiger partial charge in [0.15, 0.2) is 0 Å². The first-order valence-electron chi connectivity index (χ1n) is 8.79. The number of rotatable bonds is 5. The lowest BCUT2D eigenvalue weighted by molar-refractivity contribution is -0.124. The second kappa shape index (κ2) is 5.95. The van der Waals surface area contributed by atoms with Gasteiger partial charge in [-0.1, -0.05) is 0 Å². The summed E-state index contributed by atoms with van der Waals surface area (Å²) in [4.78, 5) is 29.0. The summed E-state index contributed by atoms with van der Waals surface area (Å²) in [6.07, 6.45) is 1.19.